The molecule has 0 atom stereocenters. The summed E-state index contributed by atoms with van der Waals surface area (Å²) in [7, 11) is 0. The van der Waals surface area contributed by atoms with Gasteiger partial charge in [-0.1, -0.05) is 24.3 Å². The maximum absolute atomic E-state index is 4.08. The number of benzene rings is 2. The SMILES string of the molecule is Cc1cc(C)cc(NCc2ccccc2SCc2ccncc2)c1. The molecule has 2 aromatic carbocycles. The fourth-order valence-corrected chi connectivity index (χ4v) is 3.72. The number of thioether (sulfide) groups is 1. The van der Waals surface area contributed by atoms with E-state index in [1.165, 1.54) is 32.8 Å². The van der Waals surface area contributed by atoms with E-state index < -0.39 is 0 Å². The Morgan fingerprint density at radius 2 is 1.62 bits per heavy atom. The molecule has 0 saturated carbocycles. The van der Waals surface area contributed by atoms with E-state index >= 15 is 0 Å². The van der Waals surface area contributed by atoms with Gasteiger partial charge in [-0.25, -0.2) is 0 Å². The second-order valence-corrected chi connectivity index (χ2v) is 7.00. The lowest BCUT2D eigenvalue weighted by molar-refractivity contribution is 1.09. The molecule has 3 heteroatoms. The number of anilines is 1. The van der Waals surface area contributed by atoms with Crippen molar-refractivity contribution in [3.8, 4) is 0 Å². The largest absolute Gasteiger partial charge is 0.381 e. The zero-order chi connectivity index (χ0) is 16.8. The van der Waals surface area contributed by atoms with Crippen molar-refractivity contribution in [3.63, 3.8) is 0 Å². The van der Waals surface area contributed by atoms with Crippen LogP contribution in [0.25, 0.3) is 0 Å². The van der Waals surface area contributed by atoms with Crippen molar-refractivity contribution in [3.05, 3.63) is 89.2 Å². The van der Waals surface area contributed by atoms with E-state index in [1.54, 1.807) is 0 Å². The zero-order valence-corrected chi connectivity index (χ0v) is 14.9. The number of nitrogens with zero attached hydrogens (tertiary/aromatic N) is 1. The first-order chi connectivity index (χ1) is 11.7. The monoisotopic (exact) mass is 334 g/mol. The number of pyridine rings is 1. The Balaban J connectivity index is 1.67. The Labute approximate surface area is 148 Å². The maximum Gasteiger partial charge on any atom is 0.0411 e. The third-order valence-corrected chi connectivity index (χ3v) is 5.01. The third kappa shape index (κ3) is 4.62. The van der Waals surface area contributed by atoms with E-state index in [-0.39, 0.29) is 0 Å². The molecule has 0 aliphatic rings. The molecule has 0 unspecified atom stereocenters. The van der Waals surface area contributed by atoms with Crippen LogP contribution >= 0.6 is 11.8 Å². The molecule has 1 aromatic heterocycles. The van der Waals surface area contributed by atoms with E-state index in [4.69, 9.17) is 0 Å². The number of hydrogen-bond acceptors (Lipinski definition) is 3. The van der Waals surface area contributed by atoms with Crippen molar-refractivity contribution >= 4 is 17.4 Å². The van der Waals surface area contributed by atoms with Crippen LogP contribution in [0.3, 0.4) is 0 Å². The number of rotatable bonds is 6. The van der Waals surface area contributed by atoms with Crippen molar-refractivity contribution in [1.29, 1.82) is 0 Å². The Hall–Kier alpha value is -2.26. The van der Waals surface area contributed by atoms with Gasteiger partial charge in [0.15, 0.2) is 0 Å². The van der Waals surface area contributed by atoms with E-state index in [9.17, 15) is 0 Å². The first-order valence-corrected chi connectivity index (χ1v) is 9.11. The smallest absolute Gasteiger partial charge is 0.0411 e. The normalized spacial score (nSPS) is 10.6. The molecule has 0 amide bonds. The molecule has 24 heavy (non-hydrogen) atoms. The van der Waals surface area contributed by atoms with Gasteiger partial charge in [-0.3, -0.25) is 4.98 Å². The fourth-order valence-electron chi connectivity index (χ4n) is 2.70. The molecule has 0 saturated heterocycles. The molecule has 0 aliphatic heterocycles. The lowest BCUT2D eigenvalue weighted by atomic mass is 10.1. The van der Waals surface area contributed by atoms with Crippen LogP contribution in [-0.2, 0) is 12.3 Å². The quantitative estimate of drug-likeness (QED) is 0.594. The minimum atomic E-state index is 0.836. The first kappa shape index (κ1) is 16.6. The molecule has 0 spiro atoms. The van der Waals surface area contributed by atoms with Crippen molar-refractivity contribution in [2.24, 2.45) is 0 Å². The van der Waals surface area contributed by atoms with Crippen molar-refractivity contribution in [2.45, 2.75) is 31.0 Å². The highest BCUT2D eigenvalue weighted by Crippen LogP contribution is 2.27. The molecule has 122 valence electrons. The molecule has 0 radical (unpaired) electrons. The Morgan fingerprint density at radius 1 is 0.917 bits per heavy atom. The molecule has 0 bridgehead atoms. The molecule has 0 aliphatic carbocycles. The summed E-state index contributed by atoms with van der Waals surface area (Å²) in [4.78, 5) is 5.40. The van der Waals surface area contributed by atoms with Gasteiger partial charge >= 0.3 is 0 Å². The van der Waals surface area contributed by atoms with Crippen molar-refractivity contribution < 1.29 is 0 Å². The molecule has 3 aromatic rings. The summed E-state index contributed by atoms with van der Waals surface area (Å²) in [5, 5.41) is 3.56. The number of aryl methyl sites for hydroxylation is 2. The molecule has 3 rings (SSSR count). The standard InChI is InChI=1S/C21H22N2S/c1-16-11-17(2)13-20(12-16)23-14-19-5-3-4-6-21(19)24-15-18-7-9-22-10-8-18/h3-13,23H,14-15H2,1-2H3. The summed E-state index contributed by atoms with van der Waals surface area (Å²) in [5.74, 6) is 0.961. The van der Waals surface area contributed by atoms with Gasteiger partial charge in [0.2, 0.25) is 0 Å². The van der Waals surface area contributed by atoms with Crippen LogP contribution in [0.4, 0.5) is 5.69 Å². The predicted molar refractivity (Wildman–Crippen MR) is 103 cm³/mol. The summed E-state index contributed by atoms with van der Waals surface area (Å²) < 4.78 is 0. The highest BCUT2D eigenvalue weighted by atomic mass is 32.2. The lowest BCUT2D eigenvalue weighted by Gasteiger charge is -2.12. The van der Waals surface area contributed by atoms with Gasteiger partial charge in [0, 0.05) is 35.3 Å². The van der Waals surface area contributed by atoms with Crippen LogP contribution in [0.5, 0.6) is 0 Å². The lowest BCUT2D eigenvalue weighted by Crippen LogP contribution is -2.01. The highest BCUT2D eigenvalue weighted by Gasteiger charge is 2.04. The van der Waals surface area contributed by atoms with Gasteiger partial charge in [0.05, 0.1) is 0 Å². The van der Waals surface area contributed by atoms with E-state index in [2.05, 4.69) is 78.7 Å². The Bertz CT molecular complexity index is 780. The van der Waals surface area contributed by atoms with Crippen LogP contribution in [0.2, 0.25) is 0 Å². The fraction of sp³-hybridized carbons (Fsp3) is 0.190. The topological polar surface area (TPSA) is 24.9 Å². The maximum atomic E-state index is 4.08. The Morgan fingerprint density at radius 3 is 2.38 bits per heavy atom. The summed E-state index contributed by atoms with van der Waals surface area (Å²) in [5.41, 5.74) is 6.39. The summed E-state index contributed by atoms with van der Waals surface area (Å²) >= 11 is 1.87. The number of nitrogens with one attached hydrogen (secondary N) is 1. The van der Waals surface area contributed by atoms with Gasteiger partial charge in [0.1, 0.15) is 0 Å². The van der Waals surface area contributed by atoms with Crippen LogP contribution < -0.4 is 5.32 Å². The van der Waals surface area contributed by atoms with E-state index in [0.717, 1.165) is 12.3 Å². The highest BCUT2D eigenvalue weighted by molar-refractivity contribution is 7.98. The van der Waals surface area contributed by atoms with Crippen LogP contribution in [0.1, 0.15) is 22.3 Å². The van der Waals surface area contributed by atoms with Crippen molar-refractivity contribution in [1.82, 2.24) is 4.98 Å². The average Bonchev–Trinajstić information content (AvgIpc) is 2.59. The summed E-state index contributed by atoms with van der Waals surface area (Å²) in [6.45, 7) is 5.11. The van der Waals surface area contributed by atoms with Gasteiger partial charge in [-0.15, -0.1) is 11.8 Å². The predicted octanol–water partition coefficient (Wildman–Crippen LogP) is 5.60. The van der Waals surface area contributed by atoms with Crippen LogP contribution in [0, 0.1) is 13.8 Å². The zero-order valence-electron chi connectivity index (χ0n) is 14.1. The van der Waals surface area contributed by atoms with E-state index in [0.29, 0.717) is 0 Å². The van der Waals surface area contributed by atoms with Gasteiger partial charge in [-0.2, -0.15) is 0 Å². The third-order valence-electron chi connectivity index (χ3n) is 3.82. The second-order valence-electron chi connectivity index (χ2n) is 5.98. The van der Waals surface area contributed by atoms with Crippen LogP contribution in [-0.4, -0.2) is 4.98 Å². The minimum Gasteiger partial charge on any atom is -0.381 e. The first-order valence-electron chi connectivity index (χ1n) is 8.12. The Kier molecular flexibility index (Phi) is 5.55. The number of aromatic nitrogens is 1. The number of hydrogen-bond donors (Lipinski definition) is 1. The van der Waals surface area contributed by atoms with Crippen molar-refractivity contribution in [2.75, 3.05) is 5.32 Å². The summed E-state index contributed by atoms with van der Waals surface area (Å²) in [6.07, 6.45) is 3.70. The molecular weight excluding hydrogens is 312 g/mol. The minimum absolute atomic E-state index is 0.836. The molecule has 1 heterocycles. The van der Waals surface area contributed by atoms with E-state index in [1.807, 2.05) is 24.2 Å². The van der Waals surface area contributed by atoms with Gasteiger partial charge in [0.25, 0.3) is 0 Å². The van der Waals surface area contributed by atoms with Gasteiger partial charge < -0.3 is 5.32 Å². The van der Waals surface area contributed by atoms with Gasteiger partial charge in [-0.05, 0) is 66.4 Å². The average molecular weight is 334 g/mol. The van der Waals surface area contributed by atoms with Crippen LogP contribution in [0.15, 0.2) is 71.9 Å². The molecule has 1 N–H and O–H groups in total. The molecule has 0 fully saturated rings. The second kappa shape index (κ2) is 8.02. The molecular formula is C21H22N2S. The summed E-state index contributed by atoms with van der Waals surface area (Å²) in [6, 6.07) is 19.3. The molecule has 2 nitrogen and oxygen atoms in total.